The second kappa shape index (κ2) is 4.92. The number of anilines is 2. The van der Waals surface area contributed by atoms with Crippen molar-refractivity contribution in [3.8, 4) is 0 Å². The summed E-state index contributed by atoms with van der Waals surface area (Å²) in [6.07, 6.45) is 1.66. The first-order valence-corrected chi connectivity index (χ1v) is 5.92. The molecule has 0 saturated heterocycles. The molecule has 94 valence electrons. The number of amides is 1. The summed E-state index contributed by atoms with van der Waals surface area (Å²) in [5, 5.41) is 3.44. The van der Waals surface area contributed by atoms with Gasteiger partial charge in [-0.3, -0.25) is 4.79 Å². The van der Waals surface area contributed by atoms with Crippen molar-refractivity contribution < 1.29 is 4.79 Å². The van der Waals surface area contributed by atoms with Crippen LogP contribution in [0.3, 0.4) is 0 Å². The number of halogens is 2. The van der Waals surface area contributed by atoms with Crippen LogP contribution in [0.2, 0.25) is 10.0 Å². The van der Waals surface area contributed by atoms with Crippen LogP contribution >= 0.6 is 23.2 Å². The number of hydrogen-bond donors (Lipinski definition) is 2. The van der Waals surface area contributed by atoms with Gasteiger partial charge in [0.2, 0.25) is 0 Å². The lowest BCUT2D eigenvalue weighted by Gasteiger charge is -2.09. The SMILES string of the molecule is Cn1cc(N)cc1C(=O)Nc1c(Cl)cccc1Cl. The van der Waals surface area contributed by atoms with Crippen molar-refractivity contribution in [2.75, 3.05) is 11.1 Å². The van der Waals surface area contributed by atoms with Gasteiger partial charge in [-0.15, -0.1) is 0 Å². The first-order chi connectivity index (χ1) is 8.49. The van der Waals surface area contributed by atoms with Crippen LogP contribution in [0.25, 0.3) is 0 Å². The smallest absolute Gasteiger partial charge is 0.272 e. The molecule has 0 radical (unpaired) electrons. The van der Waals surface area contributed by atoms with Gasteiger partial charge in [0, 0.05) is 13.2 Å². The van der Waals surface area contributed by atoms with Crippen molar-refractivity contribution in [1.82, 2.24) is 4.57 Å². The molecule has 0 saturated carbocycles. The highest BCUT2D eigenvalue weighted by molar-refractivity contribution is 6.40. The van der Waals surface area contributed by atoms with Crippen LogP contribution in [0, 0.1) is 0 Å². The summed E-state index contributed by atoms with van der Waals surface area (Å²) >= 11 is 12.0. The van der Waals surface area contributed by atoms with Crippen molar-refractivity contribution in [2.24, 2.45) is 7.05 Å². The number of carbonyl (C=O) groups excluding carboxylic acids is 1. The zero-order valence-corrected chi connectivity index (χ0v) is 11.1. The molecule has 2 rings (SSSR count). The minimum atomic E-state index is -0.316. The van der Waals surface area contributed by atoms with E-state index in [-0.39, 0.29) is 5.91 Å². The Hall–Kier alpha value is -1.65. The summed E-state index contributed by atoms with van der Waals surface area (Å²) in [4.78, 5) is 12.0. The number of nitrogen functional groups attached to an aromatic ring is 1. The van der Waals surface area contributed by atoms with Crippen LogP contribution in [0.1, 0.15) is 10.5 Å². The predicted molar refractivity (Wildman–Crippen MR) is 74.2 cm³/mol. The molecule has 4 nitrogen and oxygen atoms in total. The standard InChI is InChI=1S/C12H11Cl2N3O/c1-17-6-7(15)5-10(17)12(18)16-11-8(13)3-2-4-9(11)14/h2-6H,15H2,1H3,(H,16,18). The molecule has 0 atom stereocenters. The number of nitrogens with one attached hydrogen (secondary N) is 1. The number of benzene rings is 1. The number of nitrogens with zero attached hydrogens (tertiary/aromatic N) is 1. The van der Waals surface area contributed by atoms with Crippen molar-refractivity contribution >= 4 is 40.5 Å². The molecule has 0 aliphatic rings. The van der Waals surface area contributed by atoms with Gasteiger partial charge in [-0.25, -0.2) is 0 Å². The first kappa shape index (κ1) is 12.8. The van der Waals surface area contributed by atoms with E-state index in [9.17, 15) is 4.79 Å². The Morgan fingerprint density at radius 1 is 1.33 bits per heavy atom. The maximum absolute atomic E-state index is 12.0. The predicted octanol–water partition coefficient (Wildman–Crippen LogP) is 3.17. The number of carbonyl (C=O) groups is 1. The van der Waals surface area contributed by atoms with Gasteiger partial charge in [-0.2, -0.15) is 0 Å². The first-order valence-electron chi connectivity index (χ1n) is 5.16. The molecule has 0 fully saturated rings. The van der Waals surface area contributed by atoms with E-state index in [1.54, 1.807) is 42.1 Å². The van der Waals surface area contributed by atoms with Crippen LogP contribution in [-0.4, -0.2) is 10.5 Å². The maximum Gasteiger partial charge on any atom is 0.272 e. The molecular weight excluding hydrogens is 273 g/mol. The highest BCUT2D eigenvalue weighted by Crippen LogP contribution is 2.30. The third-order valence-corrected chi connectivity index (χ3v) is 3.09. The topological polar surface area (TPSA) is 60.0 Å². The lowest BCUT2D eigenvalue weighted by Crippen LogP contribution is -2.15. The summed E-state index contributed by atoms with van der Waals surface area (Å²) in [7, 11) is 1.74. The highest BCUT2D eigenvalue weighted by Gasteiger charge is 2.14. The number of aryl methyl sites for hydroxylation is 1. The van der Waals surface area contributed by atoms with Gasteiger partial charge in [-0.05, 0) is 18.2 Å². The quantitative estimate of drug-likeness (QED) is 0.889. The molecule has 0 aliphatic carbocycles. The van der Waals surface area contributed by atoms with E-state index in [0.717, 1.165) is 0 Å². The third kappa shape index (κ3) is 2.44. The van der Waals surface area contributed by atoms with Crippen LogP contribution in [-0.2, 0) is 7.05 Å². The highest BCUT2D eigenvalue weighted by atomic mass is 35.5. The zero-order chi connectivity index (χ0) is 13.3. The van der Waals surface area contributed by atoms with Gasteiger partial charge in [0.1, 0.15) is 5.69 Å². The number of para-hydroxylation sites is 1. The summed E-state index contributed by atoms with van der Waals surface area (Å²) in [6, 6.07) is 6.60. The normalized spacial score (nSPS) is 10.4. The monoisotopic (exact) mass is 283 g/mol. The van der Waals surface area contributed by atoms with Gasteiger partial charge >= 0.3 is 0 Å². The Kier molecular flexibility index (Phi) is 3.50. The van der Waals surface area contributed by atoms with E-state index < -0.39 is 0 Å². The Labute approximate surface area is 114 Å². The summed E-state index contributed by atoms with van der Waals surface area (Å²) < 4.78 is 1.63. The summed E-state index contributed by atoms with van der Waals surface area (Å²) in [6.45, 7) is 0. The minimum Gasteiger partial charge on any atom is -0.397 e. The Balaban J connectivity index is 2.30. The second-order valence-electron chi connectivity index (χ2n) is 3.82. The number of hydrogen-bond acceptors (Lipinski definition) is 2. The molecule has 0 spiro atoms. The summed E-state index contributed by atoms with van der Waals surface area (Å²) in [5.74, 6) is -0.316. The number of nitrogens with two attached hydrogens (primary N) is 1. The Morgan fingerprint density at radius 2 is 1.94 bits per heavy atom. The van der Waals surface area contributed by atoms with Gasteiger partial charge in [-0.1, -0.05) is 29.3 Å². The van der Waals surface area contributed by atoms with Gasteiger partial charge in [0.05, 0.1) is 21.4 Å². The molecule has 1 aromatic carbocycles. The van der Waals surface area contributed by atoms with E-state index in [1.807, 2.05) is 0 Å². The van der Waals surface area contributed by atoms with Crippen molar-refractivity contribution in [2.45, 2.75) is 0 Å². The molecule has 18 heavy (non-hydrogen) atoms. The molecule has 1 aromatic heterocycles. The fourth-order valence-electron chi connectivity index (χ4n) is 1.61. The molecular formula is C12H11Cl2N3O. The lowest BCUT2D eigenvalue weighted by atomic mass is 10.3. The molecule has 0 bridgehead atoms. The Morgan fingerprint density at radius 3 is 2.44 bits per heavy atom. The van der Waals surface area contributed by atoms with Crippen molar-refractivity contribution in [1.29, 1.82) is 0 Å². The molecule has 6 heteroatoms. The largest absolute Gasteiger partial charge is 0.397 e. The fourth-order valence-corrected chi connectivity index (χ4v) is 2.10. The van der Waals surface area contributed by atoms with Crippen molar-refractivity contribution in [3.63, 3.8) is 0 Å². The van der Waals surface area contributed by atoms with Gasteiger partial charge in [0.15, 0.2) is 0 Å². The second-order valence-corrected chi connectivity index (χ2v) is 4.63. The van der Waals surface area contributed by atoms with Crippen LogP contribution in [0.5, 0.6) is 0 Å². The van der Waals surface area contributed by atoms with Crippen LogP contribution in [0.15, 0.2) is 30.5 Å². The zero-order valence-electron chi connectivity index (χ0n) is 9.58. The van der Waals surface area contributed by atoms with Crippen LogP contribution in [0.4, 0.5) is 11.4 Å². The average Bonchev–Trinajstić information content (AvgIpc) is 2.63. The van der Waals surface area contributed by atoms with E-state index in [4.69, 9.17) is 28.9 Å². The number of aromatic nitrogens is 1. The molecule has 2 aromatic rings. The minimum absolute atomic E-state index is 0.316. The molecule has 0 unspecified atom stereocenters. The average molecular weight is 284 g/mol. The number of rotatable bonds is 2. The molecule has 1 amide bonds. The molecule has 3 N–H and O–H groups in total. The Bertz CT molecular complexity index is 587. The lowest BCUT2D eigenvalue weighted by molar-refractivity contribution is 0.101. The van der Waals surface area contributed by atoms with Crippen LogP contribution < -0.4 is 11.1 Å². The van der Waals surface area contributed by atoms with Crippen molar-refractivity contribution in [3.05, 3.63) is 46.2 Å². The summed E-state index contributed by atoms with van der Waals surface area (Å²) in [5.41, 5.74) is 6.97. The fraction of sp³-hybridized carbons (Fsp3) is 0.0833. The molecule has 1 heterocycles. The van der Waals surface area contributed by atoms with E-state index in [1.165, 1.54) is 0 Å². The van der Waals surface area contributed by atoms with Gasteiger partial charge in [0.25, 0.3) is 5.91 Å². The van der Waals surface area contributed by atoms with E-state index in [2.05, 4.69) is 5.32 Å². The third-order valence-electron chi connectivity index (χ3n) is 2.46. The van der Waals surface area contributed by atoms with Gasteiger partial charge < -0.3 is 15.6 Å². The molecule has 0 aliphatic heterocycles. The van der Waals surface area contributed by atoms with E-state index >= 15 is 0 Å². The van der Waals surface area contributed by atoms with E-state index in [0.29, 0.717) is 27.1 Å². The maximum atomic E-state index is 12.0.